The molecule has 1 fully saturated rings. The molecule has 1 rings (SSSR count). The van der Waals surface area contributed by atoms with Crippen LogP contribution in [0.2, 0.25) is 0 Å². The molecule has 9 nitrogen and oxygen atoms in total. The first-order chi connectivity index (χ1) is 41.3. The lowest BCUT2D eigenvalue weighted by atomic mass is 9.99. The van der Waals surface area contributed by atoms with Crippen LogP contribution in [-0.4, -0.2) is 87.5 Å². The fourth-order valence-electron chi connectivity index (χ4n) is 12.4. The Balaban J connectivity index is 2.06. The number of aliphatic hydroxyl groups is 5. The molecule has 0 saturated carbocycles. The highest BCUT2D eigenvalue weighted by atomic mass is 16.7. The molecule has 84 heavy (non-hydrogen) atoms. The van der Waals surface area contributed by atoms with E-state index in [0.717, 1.165) is 38.5 Å². The Hall–Kier alpha value is -1.33. The lowest BCUT2D eigenvalue weighted by Gasteiger charge is -2.40. The first-order valence-electron chi connectivity index (χ1n) is 37.6. The SMILES string of the molecule is CCCCCCCCCC/C=C\CCCCCCCCCCCCCCCCCCCCCCCCCCCC(=O)NC(COC1OC(CO)C(O)C(O)C1O)C(O)/C=C/CCCCCCCCCCCCCCCCCCCCCCCC. The van der Waals surface area contributed by atoms with E-state index in [1.165, 1.54) is 334 Å². The maximum atomic E-state index is 13.1. The Morgan fingerprint density at radius 2 is 0.667 bits per heavy atom. The van der Waals surface area contributed by atoms with Crippen LogP contribution in [-0.2, 0) is 14.3 Å². The Bertz CT molecular complexity index is 1380. The molecule has 1 aliphatic heterocycles. The molecule has 498 valence electrons. The average molecular weight is 1190 g/mol. The summed E-state index contributed by atoms with van der Waals surface area (Å²) in [6.07, 6.45) is 78.8. The zero-order valence-electron chi connectivity index (χ0n) is 55.9. The van der Waals surface area contributed by atoms with E-state index in [2.05, 4.69) is 31.3 Å². The third kappa shape index (κ3) is 52.6. The summed E-state index contributed by atoms with van der Waals surface area (Å²) in [6.45, 7) is 3.84. The molecule has 1 amide bonds. The van der Waals surface area contributed by atoms with Gasteiger partial charge in [-0.15, -0.1) is 0 Å². The number of nitrogens with one attached hydrogen (secondary N) is 1. The molecular formula is C75H145NO8. The molecule has 0 aliphatic carbocycles. The number of rotatable bonds is 67. The van der Waals surface area contributed by atoms with E-state index >= 15 is 0 Å². The smallest absolute Gasteiger partial charge is 0.220 e. The zero-order valence-corrected chi connectivity index (χ0v) is 55.9. The molecule has 1 saturated heterocycles. The molecule has 6 N–H and O–H groups in total. The Labute approximate surface area is 521 Å². The van der Waals surface area contributed by atoms with Gasteiger partial charge in [0, 0.05) is 6.42 Å². The second-order valence-corrected chi connectivity index (χ2v) is 26.4. The van der Waals surface area contributed by atoms with Crippen LogP contribution in [0.25, 0.3) is 0 Å². The normalized spacial score (nSPS) is 18.2. The molecule has 0 aromatic rings. The molecule has 1 aliphatic rings. The highest BCUT2D eigenvalue weighted by Gasteiger charge is 2.44. The second-order valence-electron chi connectivity index (χ2n) is 26.4. The quantitative estimate of drug-likeness (QED) is 0.0261. The van der Waals surface area contributed by atoms with Crippen LogP contribution in [0.1, 0.15) is 393 Å². The van der Waals surface area contributed by atoms with Crippen molar-refractivity contribution in [1.29, 1.82) is 0 Å². The number of carbonyl (C=O) groups is 1. The highest BCUT2D eigenvalue weighted by Crippen LogP contribution is 2.24. The number of amides is 1. The number of ether oxygens (including phenoxy) is 2. The van der Waals surface area contributed by atoms with Gasteiger partial charge in [0.1, 0.15) is 24.4 Å². The summed E-state index contributed by atoms with van der Waals surface area (Å²) in [5, 5.41) is 54.8. The summed E-state index contributed by atoms with van der Waals surface area (Å²) in [7, 11) is 0. The monoisotopic (exact) mass is 1190 g/mol. The van der Waals surface area contributed by atoms with Crippen molar-refractivity contribution in [2.24, 2.45) is 0 Å². The summed E-state index contributed by atoms with van der Waals surface area (Å²) in [6, 6.07) is -0.803. The van der Waals surface area contributed by atoms with Gasteiger partial charge in [-0.25, -0.2) is 0 Å². The van der Waals surface area contributed by atoms with Gasteiger partial charge in [0.25, 0.3) is 0 Å². The topological polar surface area (TPSA) is 149 Å². The number of aliphatic hydroxyl groups excluding tert-OH is 5. The fourth-order valence-corrected chi connectivity index (χ4v) is 12.4. The molecule has 9 heteroatoms. The predicted octanol–water partition coefficient (Wildman–Crippen LogP) is 20.8. The Morgan fingerprint density at radius 1 is 0.393 bits per heavy atom. The van der Waals surface area contributed by atoms with Crippen LogP contribution in [0.15, 0.2) is 24.3 Å². The second kappa shape index (κ2) is 64.6. The summed E-state index contributed by atoms with van der Waals surface area (Å²) in [5.74, 6) is -0.167. The van der Waals surface area contributed by atoms with Gasteiger partial charge in [-0.05, 0) is 44.9 Å². The number of carbonyl (C=O) groups excluding carboxylic acids is 1. The van der Waals surface area contributed by atoms with E-state index in [-0.39, 0.29) is 12.5 Å². The van der Waals surface area contributed by atoms with E-state index < -0.39 is 49.5 Å². The summed E-state index contributed by atoms with van der Waals surface area (Å²) in [4.78, 5) is 13.1. The van der Waals surface area contributed by atoms with E-state index in [4.69, 9.17) is 9.47 Å². The number of hydrogen-bond acceptors (Lipinski definition) is 8. The van der Waals surface area contributed by atoms with Gasteiger partial charge in [0.05, 0.1) is 25.4 Å². The number of hydrogen-bond donors (Lipinski definition) is 6. The highest BCUT2D eigenvalue weighted by molar-refractivity contribution is 5.76. The van der Waals surface area contributed by atoms with E-state index in [9.17, 15) is 30.3 Å². The molecule has 0 aromatic heterocycles. The van der Waals surface area contributed by atoms with Crippen molar-refractivity contribution in [3.05, 3.63) is 24.3 Å². The van der Waals surface area contributed by atoms with Crippen molar-refractivity contribution >= 4 is 5.91 Å². The molecule has 0 radical (unpaired) electrons. The van der Waals surface area contributed by atoms with Crippen LogP contribution < -0.4 is 5.32 Å². The molecule has 0 bridgehead atoms. The average Bonchev–Trinajstić information content (AvgIpc) is 3.70. The zero-order chi connectivity index (χ0) is 60.7. The summed E-state index contributed by atoms with van der Waals surface area (Å²) < 4.78 is 11.3. The lowest BCUT2D eigenvalue weighted by Crippen LogP contribution is -2.60. The molecule has 1 heterocycles. The van der Waals surface area contributed by atoms with Gasteiger partial charge in [0.15, 0.2) is 6.29 Å². The van der Waals surface area contributed by atoms with Gasteiger partial charge in [0.2, 0.25) is 5.91 Å². The first-order valence-corrected chi connectivity index (χ1v) is 37.6. The van der Waals surface area contributed by atoms with Crippen LogP contribution in [0, 0.1) is 0 Å². The maximum absolute atomic E-state index is 13.1. The van der Waals surface area contributed by atoms with Crippen molar-refractivity contribution in [2.45, 2.75) is 436 Å². The predicted molar refractivity (Wildman–Crippen MR) is 360 cm³/mol. The van der Waals surface area contributed by atoms with Crippen molar-refractivity contribution in [2.75, 3.05) is 13.2 Å². The third-order valence-corrected chi connectivity index (χ3v) is 18.3. The summed E-state index contributed by atoms with van der Waals surface area (Å²) >= 11 is 0. The minimum Gasteiger partial charge on any atom is -0.394 e. The fraction of sp³-hybridized carbons (Fsp3) is 0.933. The molecule has 7 atom stereocenters. The van der Waals surface area contributed by atoms with Gasteiger partial charge < -0.3 is 40.3 Å². The van der Waals surface area contributed by atoms with E-state index in [1.54, 1.807) is 6.08 Å². The molecule has 0 spiro atoms. The minimum absolute atomic E-state index is 0.167. The largest absolute Gasteiger partial charge is 0.394 e. The van der Waals surface area contributed by atoms with Crippen molar-refractivity contribution in [3.63, 3.8) is 0 Å². The molecule has 7 unspecified atom stereocenters. The van der Waals surface area contributed by atoms with Crippen LogP contribution in [0.3, 0.4) is 0 Å². The lowest BCUT2D eigenvalue weighted by molar-refractivity contribution is -0.302. The van der Waals surface area contributed by atoms with Crippen LogP contribution in [0.5, 0.6) is 0 Å². The van der Waals surface area contributed by atoms with Crippen LogP contribution >= 0.6 is 0 Å². The maximum Gasteiger partial charge on any atom is 0.220 e. The van der Waals surface area contributed by atoms with E-state index in [0.29, 0.717) is 6.42 Å². The van der Waals surface area contributed by atoms with Gasteiger partial charge in [-0.1, -0.05) is 366 Å². The number of allylic oxidation sites excluding steroid dienone is 3. The standard InChI is InChI=1S/C75H145NO8/c1-3-5-7-9-11-13-15-17-19-21-23-25-27-29-30-31-32-33-34-35-36-37-38-39-40-41-43-45-47-49-51-53-55-57-59-61-63-65-71(79)76-68(67-83-75-74(82)73(81)72(80)70(66-77)84-75)69(78)64-62-60-58-56-54-52-50-48-46-44-42-28-26-24-22-20-18-16-14-12-10-8-6-4-2/h21,23,62,64,68-70,72-75,77-78,80-82H,3-20,22,24-61,63,65-67H2,1-2H3,(H,76,79)/b23-21-,64-62+. The van der Waals surface area contributed by atoms with Gasteiger partial charge >= 0.3 is 0 Å². The van der Waals surface area contributed by atoms with Crippen molar-refractivity contribution in [1.82, 2.24) is 5.32 Å². The first kappa shape index (κ1) is 80.7. The number of unbranched alkanes of at least 4 members (excludes halogenated alkanes) is 55. The molecule has 0 aromatic carbocycles. The van der Waals surface area contributed by atoms with Crippen molar-refractivity contribution < 1.29 is 39.8 Å². The Kier molecular flexibility index (Phi) is 62.1. The summed E-state index contributed by atoms with van der Waals surface area (Å²) in [5.41, 5.74) is 0. The minimum atomic E-state index is -1.57. The van der Waals surface area contributed by atoms with E-state index in [1.807, 2.05) is 6.08 Å². The van der Waals surface area contributed by atoms with Crippen molar-refractivity contribution in [3.8, 4) is 0 Å². The molecular weight excluding hydrogens is 1040 g/mol. The third-order valence-electron chi connectivity index (χ3n) is 18.3. The Morgan fingerprint density at radius 3 is 0.964 bits per heavy atom. The van der Waals surface area contributed by atoms with Crippen LogP contribution in [0.4, 0.5) is 0 Å². The van der Waals surface area contributed by atoms with Gasteiger partial charge in [-0.3, -0.25) is 4.79 Å². The van der Waals surface area contributed by atoms with Gasteiger partial charge in [-0.2, -0.15) is 0 Å².